The standard InChI is InChI=1S/C18H17N3OS/c1-3-13-8-10-14(11-9-13)16(22)19-18-21-20-17(23-18)15-7-5-4-6-12(15)2/h4-11H,3H2,1-2H3,(H,19,21,22). The van der Waals surface area contributed by atoms with Crippen LogP contribution in [0, 0.1) is 6.92 Å². The number of benzene rings is 2. The highest BCUT2D eigenvalue weighted by molar-refractivity contribution is 7.18. The third-order valence-electron chi connectivity index (χ3n) is 3.65. The van der Waals surface area contributed by atoms with E-state index in [1.807, 2.05) is 55.5 Å². The lowest BCUT2D eigenvalue weighted by Gasteiger charge is -2.02. The monoisotopic (exact) mass is 323 g/mol. The molecule has 0 fully saturated rings. The lowest BCUT2D eigenvalue weighted by Crippen LogP contribution is -2.11. The number of amides is 1. The van der Waals surface area contributed by atoms with E-state index in [1.54, 1.807) is 0 Å². The summed E-state index contributed by atoms with van der Waals surface area (Å²) in [6.07, 6.45) is 0.956. The molecule has 0 spiro atoms. The highest BCUT2D eigenvalue weighted by Gasteiger charge is 2.12. The molecular weight excluding hydrogens is 306 g/mol. The number of carbonyl (C=O) groups is 1. The van der Waals surface area contributed by atoms with Crippen LogP contribution in [-0.4, -0.2) is 16.1 Å². The van der Waals surface area contributed by atoms with Crippen molar-refractivity contribution in [1.82, 2.24) is 10.2 Å². The summed E-state index contributed by atoms with van der Waals surface area (Å²) >= 11 is 1.38. The van der Waals surface area contributed by atoms with Gasteiger partial charge in [-0.05, 0) is 36.6 Å². The number of aryl methyl sites for hydroxylation is 2. The Balaban J connectivity index is 1.76. The second kappa shape index (κ2) is 6.71. The van der Waals surface area contributed by atoms with Gasteiger partial charge in [-0.15, -0.1) is 10.2 Å². The Hall–Kier alpha value is -2.53. The fourth-order valence-corrected chi connectivity index (χ4v) is 3.09. The first-order valence-corrected chi connectivity index (χ1v) is 8.29. The molecule has 0 radical (unpaired) electrons. The maximum Gasteiger partial charge on any atom is 0.257 e. The minimum absolute atomic E-state index is 0.167. The van der Waals surface area contributed by atoms with Crippen LogP contribution in [0.2, 0.25) is 0 Å². The first-order chi connectivity index (χ1) is 11.2. The van der Waals surface area contributed by atoms with Gasteiger partial charge < -0.3 is 0 Å². The zero-order valence-corrected chi connectivity index (χ0v) is 13.9. The second-order valence-corrected chi connectivity index (χ2v) is 6.21. The molecule has 116 valence electrons. The summed E-state index contributed by atoms with van der Waals surface area (Å²) in [6.45, 7) is 4.12. The van der Waals surface area contributed by atoms with Crippen molar-refractivity contribution in [1.29, 1.82) is 0 Å². The lowest BCUT2D eigenvalue weighted by molar-refractivity contribution is 0.102. The zero-order chi connectivity index (χ0) is 16.2. The quantitative estimate of drug-likeness (QED) is 0.777. The Labute approximate surface area is 139 Å². The van der Waals surface area contributed by atoms with Gasteiger partial charge >= 0.3 is 0 Å². The number of nitrogens with one attached hydrogen (secondary N) is 1. The molecule has 4 nitrogen and oxygen atoms in total. The largest absolute Gasteiger partial charge is 0.296 e. The summed E-state index contributed by atoms with van der Waals surface area (Å²) in [7, 11) is 0. The van der Waals surface area contributed by atoms with E-state index in [4.69, 9.17) is 0 Å². The summed E-state index contributed by atoms with van der Waals surface area (Å²) in [4.78, 5) is 12.3. The van der Waals surface area contributed by atoms with Gasteiger partial charge in [-0.1, -0.05) is 54.7 Å². The van der Waals surface area contributed by atoms with Crippen molar-refractivity contribution in [3.63, 3.8) is 0 Å². The molecule has 0 bridgehead atoms. The summed E-state index contributed by atoms with van der Waals surface area (Å²) < 4.78 is 0. The average molecular weight is 323 g/mol. The lowest BCUT2D eigenvalue weighted by atomic mass is 10.1. The number of carbonyl (C=O) groups excluding carboxylic acids is 1. The second-order valence-electron chi connectivity index (χ2n) is 5.23. The molecule has 23 heavy (non-hydrogen) atoms. The highest BCUT2D eigenvalue weighted by Crippen LogP contribution is 2.28. The van der Waals surface area contributed by atoms with Crippen LogP contribution in [-0.2, 0) is 6.42 Å². The van der Waals surface area contributed by atoms with E-state index in [0.717, 1.165) is 22.6 Å². The molecule has 1 aromatic heterocycles. The predicted octanol–water partition coefficient (Wildman–Crippen LogP) is 4.33. The molecule has 1 amide bonds. The van der Waals surface area contributed by atoms with Crippen LogP contribution in [0.3, 0.4) is 0 Å². The fraction of sp³-hybridized carbons (Fsp3) is 0.167. The van der Waals surface area contributed by atoms with E-state index in [0.29, 0.717) is 10.7 Å². The van der Waals surface area contributed by atoms with Crippen molar-refractivity contribution in [3.05, 3.63) is 65.2 Å². The number of aromatic nitrogens is 2. The first kappa shape index (κ1) is 15.4. The molecule has 5 heteroatoms. The molecule has 1 heterocycles. The van der Waals surface area contributed by atoms with Gasteiger partial charge in [0, 0.05) is 11.1 Å². The Morgan fingerprint density at radius 1 is 1.09 bits per heavy atom. The number of anilines is 1. The van der Waals surface area contributed by atoms with Gasteiger partial charge in [0.15, 0.2) is 0 Å². The van der Waals surface area contributed by atoms with Crippen molar-refractivity contribution in [2.45, 2.75) is 20.3 Å². The van der Waals surface area contributed by atoms with E-state index in [1.165, 1.54) is 16.9 Å². The van der Waals surface area contributed by atoms with Crippen molar-refractivity contribution >= 4 is 22.4 Å². The van der Waals surface area contributed by atoms with E-state index in [9.17, 15) is 4.79 Å². The van der Waals surface area contributed by atoms with Crippen LogP contribution >= 0.6 is 11.3 Å². The minimum Gasteiger partial charge on any atom is -0.296 e. The maximum atomic E-state index is 12.3. The molecule has 0 atom stereocenters. The van der Waals surface area contributed by atoms with E-state index in [-0.39, 0.29) is 5.91 Å². The molecule has 1 N–H and O–H groups in total. The summed E-state index contributed by atoms with van der Waals surface area (Å²) in [5.74, 6) is -0.167. The maximum absolute atomic E-state index is 12.3. The summed E-state index contributed by atoms with van der Waals surface area (Å²) in [5, 5.41) is 12.4. The third-order valence-corrected chi connectivity index (χ3v) is 4.52. The van der Waals surface area contributed by atoms with Crippen LogP contribution < -0.4 is 5.32 Å². The van der Waals surface area contributed by atoms with Crippen LogP contribution in [0.4, 0.5) is 5.13 Å². The van der Waals surface area contributed by atoms with E-state index >= 15 is 0 Å². The molecular formula is C18H17N3OS. The van der Waals surface area contributed by atoms with Gasteiger partial charge in [0.25, 0.3) is 5.91 Å². The number of hydrogen-bond acceptors (Lipinski definition) is 4. The van der Waals surface area contributed by atoms with Crippen LogP contribution in [0.1, 0.15) is 28.4 Å². The predicted molar refractivity (Wildman–Crippen MR) is 93.9 cm³/mol. The average Bonchev–Trinajstić information content (AvgIpc) is 3.03. The van der Waals surface area contributed by atoms with Crippen molar-refractivity contribution < 1.29 is 4.79 Å². The van der Waals surface area contributed by atoms with Gasteiger partial charge in [-0.2, -0.15) is 0 Å². The normalized spacial score (nSPS) is 10.5. The topological polar surface area (TPSA) is 54.9 Å². The number of nitrogens with zero attached hydrogens (tertiary/aromatic N) is 2. The SMILES string of the molecule is CCc1ccc(C(=O)Nc2nnc(-c3ccccc3C)s2)cc1. The smallest absolute Gasteiger partial charge is 0.257 e. The van der Waals surface area contributed by atoms with E-state index in [2.05, 4.69) is 22.4 Å². The van der Waals surface area contributed by atoms with Gasteiger partial charge in [0.1, 0.15) is 5.01 Å². The first-order valence-electron chi connectivity index (χ1n) is 7.47. The molecule has 3 rings (SSSR count). The van der Waals surface area contributed by atoms with Gasteiger partial charge in [-0.3, -0.25) is 10.1 Å². The zero-order valence-electron chi connectivity index (χ0n) is 13.0. The summed E-state index contributed by atoms with van der Waals surface area (Å²) in [6, 6.07) is 15.6. The molecule has 0 saturated heterocycles. The molecule has 0 unspecified atom stereocenters. The van der Waals surface area contributed by atoms with Crippen LogP contribution in [0.5, 0.6) is 0 Å². The van der Waals surface area contributed by atoms with Crippen molar-refractivity contribution in [2.75, 3.05) is 5.32 Å². The van der Waals surface area contributed by atoms with Crippen molar-refractivity contribution in [3.8, 4) is 10.6 Å². The number of rotatable bonds is 4. The molecule has 0 aliphatic carbocycles. The van der Waals surface area contributed by atoms with Gasteiger partial charge in [0.05, 0.1) is 0 Å². The van der Waals surface area contributed by atoms with Crippen LogP contribution in [0.25, 0.3) is 10.6 Å². The van der Waals surface area contributed by atoms with Gasteiger partial charge in [0.2, 0.25) is 5.13 Å². The van der Waals surface area contributed by atoms with E-state index < -0.39 is 0 Å². The number of hydrogen-bond donors (Lipinski definition) is 1. The van der Waals surface area contributed by atoms with Crippen molar-refractivity contribution in [2.24, 2.45) is 0 Å². The minimum atomic E-state index is -0.167. The third kappa shape index (κ3) is 3.46. The molecule has 2 aromatic carbocycles. The molecule has 0 saturated carbocycles. The van der Waals surface area contributed by atoms with Gasteiger partial charge in [-0.25, -0.2) is 0 Å². The Kier molecular flexibility index (Phi) is 4.48. The molecule has 0 aliphatic rings. The molecule has 3 aromatic rings. The highest BCUT2D eigenvalue weighted by atomic mass is 32.1. The van der Waals surface area contributed by atoms with Crippen LogP contribution in [0.15, 0.2) is 48.5 Å². The fourth-order valence-electron chi connectivity index (χ4n) is 2.26. The summed E-state index contributed by atoms with van der Waals surface area (Å²) in [5.41, 5.74) is 4.00. The Morgan fingerprint density at radius 3 is 2.52 bits per heavy atom. The Bertz CT molecular complexity index is 824. The Morgan fingerprint density at radius 2 is 1.83 bits per heavy atom. The molecule has 0 aliphatic heterocycles.